The van der Waals surface area contributed by atoms with Crippen LogP contribution in [0.3, 0.4) is 0 Å². The van der Waals surface area contributed by atoms with E-state index in [9.17, 15) is 10.2 Å². The lowest BCUT2D eigenvalue weighted by molar-refractivity contribution is 0.0712. The minimum absolute atomic E-state index is 0.238. The monoisotopic (exact) mass is 900 g/mol. The molecule has 0 radical (unpaired) electrons. The first-order valence-electron chi connectivity index (χ1n) is 21.4. The largest absolute Gasteiger partial charge is 0.544 e. The van der Waals surface area contributed by atoms with Gasteiger partial charge in [-0.3, -0.25) is 0 Å². The maximum absolute atomic E-state index is 13.6. The van der Waals surface area contributed by atoms with Crippen LogP contribution in [0.5, 0.6) is 11.5 Å². The number of hydrogen-bond acceptors (Lipinski definition) is 5. The second kappa shape index (κ2) is 16.4. The molecule has 1 aromatic heterocycles. The molecule has 4 aromatic carbocycles. The zero-order valence-electron chi connectivity index (χ0n) is 40.0. The van der Waals surface area contributed by atoms with Crippen molar-refractivity contribution < 1.29 is 23.5 Å². The van der Waals surface area contributed by atoms with E-state index >= 15 is 0 Å². The number of halogens is 2. The Morgan fingerprint density at radius 2 is 0.656 bits per heavy atom. The Morgan fingerprint density at radius 1 is 0.410 bits per heavy atom. The smallest absolute Gasteiger partial charge is 0.242 e. The molecule has 0 saturated carbocycles. The van der Waals surface area contributed by atoms with Gasteiger partial charge in [-0.15, -0.1) is 0 Å². The molecule has 0 aliphatic carbocycles. The fourth-order valence-electron chi connectivity index (χ4n) is 7.75. The Hall–Kier alpha value is -3.31. The van der Waals surface area contributed by atoms with Crippen molar-refractivity contribution in [1.82, 2.24) is 0 Å². The Labute approximate surface area is 379 Å². The predicted molar refractivity (Wildman–Crippen MR) is 261 cm³/mol. The third-order valence-corrected chi connectivity index (χ3v) is 13.0. The van der Waals surface area contributed by atoms with Gasteiger partial charge in [-0.1, -0.05) is 131 Å². The van der Waals surface area contributed by atoms with Crippen LogP contribution in [-0.4, -0.2) is 26.8 Å². The maximum Gasteiger partial charge on any atom is 0.242 e. The first kappa shape index (κ1) is 48.7. The summed E-state index contributed by atoms with van der Waals surface area (Å²) >= 11 is 13.0. The number of rotatable bonds is 10. The highest BCUT2D eigenvalue weighted by molar-refractivity contribution is 6.70. The lowest BCUT2D eigenvalue weighted by atomic mass is 9.74. The van der Waals surface area contributed by atoms with E-state index < -0.39 is 27.8 Å². The Bertz CT molecular complexity index is 2120. The molecule has 0 fully saturated rings. The van der Waals surface area contributed by atoms with E-state index in [0.29, 0.717) is 32.3 Å². The summed E-state index contributed by atoms with van der Waals surface area (Å²) in [7, 11) is -4.17. The molecule has 9 heteroatoms. The summed E-state index contributed by atoms with van der Waals surface area (Å²) in [5, 5.41) is 28.4. The van der Waals surface area contributed by atoms with Gasteiger partial charge >= 0.3 is 0 Å². The highest BCUT2D eigenvalue weighted by Crippen LogP contribution is 2.50. The summed E-state index contributed by atoms with van der Waals surface area (Å²) in [6.45, 7) is 39.2. The third-order valence-electron chi connectivity index (χ3n) is 10.9. The molecule has 5 nitrogen and oxygen atoms in total. The van der Waals surface area contributed by atoms with Crippen molar-refractivity contribution in [3.8, 4) is 11.5 Å². The molecule has 330 valence electrons. The van der Waals surface area contributed by atoms with Crippen LogP contribution >= 0.6 is 23.2 Å². The zero-order valence-corrected chi connectivity index (χ0v) is 43.5. The summed E-state index contributed by atoms with van der Waals surface area (Å²) in [5.41, 5.74) is 1.22. The van der Waals surface area contributed by atoms with Crippen molar-refractivity contribution in [2.24, 2.45) is 0 Å². The van der Waals surface area contributed by atoms with Crippen LogP contribution in [0.15, 0.2) is 89.3 Å². The van der Waals surface area contributed by atoms with Gasteiger partial charge in [-0.2, -0.15) is 0 Å². The maximum atomic E-state index is 13.6. The third kappa shape index (κ3) is 10.4. The lowest BCUT2D eigenvalue weighted by Crippen LogP contribution is -2.35. The molecule has 5 aromatic rings. The topological polar surface area (TPSA) is 72.1 Å². The SMILES string of the molecule is CC(C)(C)c1cc(C(O)(c2ccc(Cl)cc2)c2ccc(C(O)(c3ccc(Cl)cc3)c3cc(C(C)(C)C)c(O[Si](C)(C)C)c(C(C)(C)C)c3)o2)cc(C(C)(C)C)c1O[Si](C)(C)C. The van der Waals surface area contributed by atoms with Crippen LogP contribution in [0.1, 0.15) is 139 Å². The highest BCUT2D eigenvalue weighted by atomic mass is 35.5. The van der Waals surface area contributed by atoms with Crippen LogP contribution in [-0.2, 0) is 32.9 Å². The minimum atomic E-state index is -2.09. The van der Waals surface area contributed by atoms with Gasteiger partial charge in [0.2, 0.25) is 16.6 Å². The first-order valence-corrected chi connectivity index (χ1v) is 29.0. The number of aliphatic hydroxyl groups is 2. The second-order valence-electron chi connectivity index (χ2n) is 22.8. The van der Waals surface area contributed by atoms with Gasteiger partial charge < -0.3 is 23.5 Å². The highest BCUT2D eigenvalue weighted by Gasteiger charge is 2.45. The Balaban J connectivity index is 1.92. The molecule has 0 aliphatic rings. The molecule has 0 saturated heterocycles. The average molecular weight is 902 g/mol. The van der Waals surface area contributed by atoms with Gasteiger partial charge in [0.15, 0.2) is 11.2 Å². The number of hydrogen-bond donors (Lipinski definition) is 2. The van der Waals surface area contributed by atoms with E-state index in [0.717, 1.165) is 33.8 Å². The van der Waals surface area contributed by atoms with Crippen molar-refractivity contribution in [2.45, 2.75) is 155 Å². The molecule has 1 heterocycles. The van der Waals surface area contributed by atoms with Crippen molar-refractivity contribution in [2.75, 3.05) is 0 Å². The molecule has 2 N–H and O–H groups in total. The summed E-state index contributed by atoms with van der Waals surface area (Å²) < 4.78 is 20.9. The molecule has 0 amide bonds. The molecule has 0 spiro atoms. The number of benzene rings is 4. The Kier molecular flexibility index (Phi) is 13.1. The molecule has 2 unspecified atom stereocenters. The van der Waals surface area contributed by atoms with Crippen LogP contribution < -0.4 is 8.85 Å². The van der Waals surface area contributed by atoms with E-state index in [1.165, 1.54) is 0 Å². The van der Waals surface area contributed by atoms with E-state index in [4.69, 9.17) is 36.5 Å². The van der Waals surface area contributed by atoms with Crippen LogP contribution in [0.4, 0.5) is 0 Å². The minimum Gasteiger partial charge on any atom is -0.544 e. The fourth-order valence-corrected chi connectivity index (χ4v) is 9.66. The van der Waals surface area contributed by atoms with E-state index in [1.807, 2.05) is 24.3 Å². The zero-order chi connectivity index (χ0) is 46.1. The van der Waals surface area contributed by atoms with Gasteiger partial charge in [0.1, 0.15) is 23.0 Å². The van der Waals surface area contributed by atoms with Gasteiger partial charge in [-0.25, -0.2) is 0 Å². The lowest BCUT2D eigenvalue weighted by Gasteiger charge is -2.37. The van der Waals surface area contributed by atoms with E-state index in [1.54, 1.807) is 36.4 Å². The molecular weight excluding hydrogens is 832 g/mol. The second-order valence-corrected chi connectivity index (χ2v) is 32.6. The van der Waals surface area contributed by atoms with Crippen LogP contribution in [0.2, 0.25) is 49.3 Å². The van der Waals surface area contributed by atoms with Crippen LogP contribution in [0, 0.1) is 0 Å². The molecule has 5 rings (SSSR count). The predicted octanol–water partition coefficient (Wildman–Crippen LogP) is 14.8. The normalized spacial score (nSPS) is 15.3. The summed E-state index contributed by atoms with van der Waals surface area (Å²) in [5.74, 6) is 2.21. The summed E-state index contributed by atoms with van der Waals surface area (Å²) in [4.78, 5) is 0. The van der Waals surface area contributed by atoms with Crippen molar-refractivity contribution in [3.05, 3.63) is 151 Å². The van der Waals surface area contributed by atoms with Crippen molar-refractivity contribution >= 4 is 39.8 Å². The Morgan fingerprint density at radius 3 is 0.869 bits per heavy atom. The van der Waals surface area contributed by atoms with E-state index in [-0.39, 0.29) is 33.2 Å². The quantitative estimate of drug-likeness (QED) is 0.137. The summed E-state index contributed by atoms with van der Waals surface area (Å²) in [6, 6.07) is 26.3. The average Bonchev–Trinajstić information content (AvgIpc) is 3.60. The molecular formula is C52H70Cl2O5Si2. The standard InChI is InChI=1S/C52H70Cl2O5Si2/c1-47(2,3)39-29-35(30-40(48(4,5)6)45(39)58-60(13,14)15)51(55,33-19-23-37(53)24-20-33)43-27-28-44(57-43)52(56,34-21-25-38(54)26-22-34)36-31-41(49(7,8)9)46(59-61(16,17)18)42(32-36)50(10,11)12/h19-32,55-56H,1-18H3. The van der Waals surface area contributed by atoms with Crippen LogP contribution in [0.25, 0.3) is 0 Å². The number of furan rings is 1. The molecule has 0 bridgehead atoms. The first-order chi connectivity index (χ1) is 27.6. The fraction of sp³-hybridized carbons (Fsp3) is 0.462. The van der Waals surface area contributed by atoms with Gasteiger partial charge in [0.25, 0.3) is 0 Å². The molecule has 2 atom stereocenters. The summed E-state index contributed by atoms with van der Waals surface area (Å²) in [6.07, 6.45) is 0. The van der Waals surface area contributed by atoms with Gasteiger partial charge in [0, 0.05) is 10.0 Å². The van der Waals surface area contributed by atoms with Gasteiger partial charge in [0.05, 0.1) is 0 Å². The van der Waals surface area contributed by atoms with Crippen molar-refractivity contribution in [3.63, 3.8) is 0 Å². The van der Waals surface area contributed by atoms with E-state index in [2.05, 4.69) is 147 Å². The molecule has 61 heavy (non-hydrogen) atoms. The van der Waals surface area contributed by atoms with Crippen molar-refractivity contribution in [1.29, 1.82) is 0 Å². The molecule has 0 aliphatic heterocycles. The van der Waals surface area contributed by atoms with Gasteiger partial charge in [-0.05, 0) is 166 Å².